The van der Waals surface area contributed by atoms with E-state index in [0.29, 0.717) is 0 Å². The Morgan fingerprint density at radius 1 is 1.29 bits per heavy atom. The molecule has 1 atom stereocenters. The summed E-state index contributed by atoms with van der Waals surface area (Å²) < 4.78 is 26.6. The molecule has 2 N–H and O–H groups in total. The summed E-state index contributed by atoms with van der Waals surface area (Å²) in [5.41, 5.74) is 0.823. The van der Waals surface area contributed by atoms with Crippen LogP contribution in [0.3, 0.4) is 0 Å². The average molecular weight is 254 g/mol. The number of benzene rings is 1. The third-order valence-corrected chi connectivity index (χ3v) is 4.25. The first-order valence-electron chi connectivity index (χ1n) is 5.90. The highest BCUT2D eigenvalue weighted by Gasteiger charge is 2.19. The first-order valence-corrected chi connectivity index (χ1v) is 7.55. The Hall–Kier alpha value is -0.910. The van der Waals surface area contributed by atoms with Crippen LogP contribution in [0.5, 0.6) is 0 Å². The van der Waals surface area contributed by atoms with Gasteiger partial charge in [-0.3, -0.25) is 0 Å². The van der Waals surface area contributed by atoms with Gasteiger partial charge < -0.3 is 5.32 Å². The molecular weight excluding hydrogens is 236 g/mol. The van der Waals surface area contributed by atoms with Gasteiger partial charge in [0.2, 0.25) is 10.0 Å². The molecule has 2 rings (SSSR count). The molecule has 0 spiro atoms. The second-order valence-corrected chi connectivity index (χ2v) is 6.16. The molecular formula is C12H18N2O2S. The number of sulfonamides is 1. The second kappa shape index (κ2) is 5.62. The smallest absolute Gasteiger partial charge is 0.216 e. The van der Waals surface area contributed by atoms with Crippen molar-refractivity contribution in [3.63, 3.8) is 0 Å². The van der Waals surface area contributed by atoms with Gasteiger partial charge in [-0.2, -0.15) is 0 Å². The molecule has 4 nitrogen and oxygen atoms in total. The lowest BCUT2D eigenvalue weighted by Crippen LogP contribution is -2.45. The zero-order valence-electron chi connectivity index (χ0n) is 9.72. The number of hydrogen-bond acceptors (Lipinski definition) is 3. The molecule has 0 saturated carbocycles. The van der Waals surface area contributed by atoms with Crippen molar-refractivity contribution in [3.05, 3.63) is 35.9 Å². The van der Waals surface area contributed by atoms with Crippen LogP contribution in [0.15, 0.2) is 30.3 Å². The zero-order valence-corrected chi connectivity index (χ0v) is 10.5. The van der Waals surface area contributed by atoms with E-state index in [0.717, 1.165) is 31.5 Å². The largest absolute Gasteiger partial charge is 0.315 e. The maximum absolute atomic E-state index is 11.9. The quantitative estimate of drug-likeness (QED) is 0.838. The van der Waals surface area contributed by atoms with Crippen molar-refractivity contribution in [2.45, 2.75) is 24.6 Å². The maximum atomic E-state index is 11.9. The van der Waals surface area contributed by atoms with Crippen molar-refractivity contribution < 1.29 is 8.42 Å². The molecule has 1 saturated heterocycles. The summed E-state index contributed by atoms with van der Waals surface area (Å²) in [6, 6.07) is 9.29. The fourth-order valence-corrected chi connectivity index (χ4v) is 3.47. The lowest BCUT2D eigenvalue weighted by Gasteiger charge is -2.23. The van der Waals surface area contributed by atoms with E-state index < -0.39 is 10.0 Å². The predicted molar refractivity (Wildman–Crippen MR) is 68.1 cm³/mol. The SMILES string of the molecule is O=S(=O)(Cc1ccccc1)N[C@@H]1CCCNC1. The van der Waals surface area contributed by atoms with E-state index in [4.69, 9.17) is 0 Å². The lowest BCUT2D eigenvalue weighted by atomic mass is 10.1. The predicted octanol–water partition coefficient (Wildman–Crippen LogP) is 0.858. The van der Waals surface area contributed by atoms with Crippen LogP contribution >= 0.6 is 0 Å². The Morgan fingerprint density at radius 3 is 2.71 bits per heavy atom. The third-order valence-electron chi connectivity index (χ3n) is 2.84. The van der Waals surface area contributed by atoms with Gasteiger partial charge in [-0.1, -0.05) is 30.3 Å². The Bertz CT molecular complexity index is 439. The van der Waals surface area contributed by atoms with Gasteiger partial charge in [0.25, 0.3) is 0 Å². The molecule has 0 aromatic heterocycles. The topological polar surface area (TPSA) is 58.2 Å². The van der Waals surface area contributed by atoms with Crippen LogP contribution in [0, 0.1) is 0 Å². The highest BCUT2D eigenvalue weighted by molar-refractivity contribution is 7.88. The minimum absolute atomic E-state index is 0.0393. The van der Waals surface area contributed by atoms with Gasteiger partial charge in [-0.05, 0) is 24.9 Å². The van der Waals surface area contributed by atoms with Crippen molar-refractivity contribution in [3.8, 4) is 0 Å². The molecule has 94 valence electrons. The van der Waals surface area contributed by atoms with E-state index in [9.17, 15) is 8.42 Å². The molecule has 0 amide bonds. The molecule has 1 aliphatic rings. The molecule has 1 aromatic rings. The normalized spacial score (nSPS) is 21.3. The Kier molecular flexibility index (Phi) is 4.15. The summed E-state index contributed by atoms with van der Waals surface area (Å²) in [7, 11) is -3.22. The third kappa shape index (κ3) is 4.11. The molecule has 1 aromatic carbocycles. The van der Waals surface area contributed by atoms with Gasteiger partial charge in [0.1, 0.15) is 0 Å². The molecule has 5 heteroatoms. The number of rotatable bonds is 4. The molecule has 0 bridgehead atoms. The first-order chi connectivity index (χ1) is 8.16. The fraction of sp³-hybridized carbons (Fsp3) is 0.500. The van der Waals surface area contributed by atoms with E-state index in [1.807, 2.05) is 30.3 Å². The van der Waals surface area contributed by atoms with E-state index >= 15 is 0 Å². The van der Waals surface area contributed by atoms with Gasteiger partial charge in [0.05, 0.1) is 5.75 Å². The van der Waals surface area contributed by atoms with Crippen LogP contribution in [0.2, 0.25) is 0 Å². The van der Waals surface area contributed by atoms with Crippen LogP contribution in [-0.4, -0.2) is 27.5 Å². The van der Waals surface area contributed by atoms with Gasteiger partial charge in [0, 0.05) is 12.6 Å². The maximum Gasteiger partial charge on any atom is 0.216 e. The molecule has 0 aliphatic carbocycles. The van der Waals surface area contributed by atoms with Crippen LogP contribution in [-0.2, 0) is 15.8 Å². The van der Waals surface area contributed by atoms with E-state index in [-0.39, 0.29) is 11.8 Å². The minimum atomic E-state index is -3.22. The molecule has 1 heterocycles. The highest BCUT2D eigenvalue weighted by Crippen LogP contribution is 2.07. The van der Waals surface area contributed by atoms with Crippen molar-refractivity contribution in [1.29, 1.82) is 0 Å². The van der Waals surface area contributed by atoms with Crippen LogP contribution in [0.4, 0.5) is 0 Å². The summed E-state index contributed by atoms with van der Waals surface area (Å²) in [5.74, 6) is 0.0599. The molecule has 17 heavy (non-hydrogen) atoms. The van der Waals surface area contributed by atoms with E-state index in [1.54, 1.807) is 0 Å². The van der Waals surface area contributed by atoms with Crippen molar-refractivity contribution in [1.82, 2.24) is 10.0 Å². The van der Waals surface area contributed by atoms with E-state index in [2.05, 4.69) is 10.0 Å². The average Bonchev–Trinajstić information content (AvgIpc) is 2.30. The molecule has 1 aliphatic heterocycles. The number of piperidine rings is 1. The number of nitrogens with one attached hydrogen (secondary N) is 2. The van der Waals surface area contributed by atoms with Crippen molar-refractivity contribution >= 4 is 10.0 Å². The standard InChI is InChI=1S/C12H18N2O2S/c15-17(16,10-11-5-2-1-3-6-11)14-12-7-4-8-13-9-12/h1-3,5-6,12-14H,4,7-10H2/t12-/m1/s1. The fourth-order valence-electron chi connectivity index (χ4n) is 2.04. The first kappa shape index (κ1) is 12.5. The van der Waals surface area contributed by atoms with Gasteiger partial charge in [-0.15, -0.1) is 0 Å². The molecule has 1 fully saturated rings. The summed E-state index contributed by atoms with van der Waals surface area (Å²) in [4.78, 5) is 0. The summed E-state index contributed by atoms with van der Waals surface area (Å²) >= 11 is 0. The molecule has 0 unspecified atom stereocenters. The Morgan fingerprint density at radius 2 is 2.06 bits per heavy atom. The van der Waals surface area contributed by atoms with Crippen LogP contribution in [0.1, 0.15) is 18.4 Å². The van der Waals surface area contributed by atoms with Gasteiger partial charge in [-0.25, -0.2) is 13.1 Å². The van der Waals surface area contributed by atoms with Crippen LogP contribution < -0.4 is 10.0 Å². The zero-order chi connectivity index (χ0) is 12.1. The summed E-state index contributed by atoms with van der Waals surface area (Å²) in [5, 5.41) is 3.19. The van der Waals surface area contributed by atoms with Crippen molar-refractivity contribution in [2.24, 2.45) is 0 Å². The monoisotopic (exact) mass is 254 g/mol. The molecule has 0 radical (unpaired) electrons. The van der Waals surface area contributed by atoms with Gasteiger partial charge in [0.15, 0.2) is 0 Å². The second-order valence-electron chi connectivity index (χ2n) is 4.41. The Balaban J connectivity index is 1.94. The van der Waals surface area contributed by atoms with E-state index in [1.165, 1.54) is 0 Å². The number of hydrogen-bond donors (Lipinski definition) is 2. The van der Waals surface area contributed by atoms with Crippen molar-refractivity contribution in [2.75, 3.05) is 13.1 Å². The highest BCUT2D eigenvalue weighted by atomic mass is 32.2. The van der Waals surface area contributed by atoms with Gasteiger partial charge >= 0.3 is 0 Å². The Labute approximate surface area is 102 Å². The van der Waals surface area contributed by atoms with Crippen LogP contribution in [0.25, 0.3) is 0 Å². The summed E-state index contributed by atoms with van der Waals surface area (Å²) in [6.07, 6.45) is 1.94. The minimum Gasteiger partial charge on any atom is -0.315 e. The lowest BCUT2D eigenvalue weighted by molar-refractivity contribution is 0.428. The summed E-state index contributed by atoms with van der Waals surface area (Å²) in [6.45, 7) is 1.71.